The van der Waals surface area contributed by atoms with Gasteiger partial charge in [0.15, 0.2) is 0 Å². The molecule has 0 aromatic heterocycles. The van der Waals surface area contributed by atoms with Crippen molar-refractivity contribution in [2.24, 2.45) is 17.8 Å². The van der Waals surface area contributed by atoms with E-state index in [0.29, 0.717) is 25.4 Å². The van der Waals surface area contributed by atoms with Crippen LogP contribution < -0.4 is 9.47 Å². The van der Waals surface area contributed by atoms with Crippen LogP contribution in [0.3, 0.4) is 0 Å². The molecule has 0 unspecified atom stereocenters. The van der Waals surface area contributed by atoms with E-state index in [-0.39, 0.29) is 18.4 Å². The van der Waals surface area contributed by atoms with Gasteiger partial charge >= 0.3 is 11.9 Å². The highest BCUT2D eigenvalue weighted by Gasteiger charge is 2.35. The number of rotatable bonds is 21. The number of esters is 2. The lowest BCUT2D eigenvalue weighted by atomic mass is 9.83. The van der Waals surface area contributed by atoms with Gasteiger partial charge in [0.05, 0.1) is 19.4 Å². The molecule has 6 nitrogen and oxygen atoms in total. The van der Waals surface area contributed by atoms with E-state index >= 15 is 0 Å². The molecule has 0 saturated carbocycles. The normalized spacial score (nSPS) is 17.7. The van der Waals surface area contributed by atoms with Gasteiger partial charge in [0.25, 0.3) is 0 Å². The van der Waals surface area contributed by atoms with Crippen molar-refractivity contribution in [3.63, 3.8) is 0 Å². The summed E-state index contributed by atoms with van der Waals surface area (Å²) in [5, 5.41) is 0. The third kappa shape index (κ3) is 13.6. The highest BCUT2D eigenvalue weighted by molar-refractivity contribution is 5.80. The second kappa shape index (κ2) is 19.1. The van der Waals surface area contributed by atoms with Crippen LogP contribution in [0.25, 0.3) is 0 Å². The smallest absolute Gasteiger partial charge is 0.311 e. The van der Waals surface area contributed by atoms with Gasteiger partial charge in [0, 0.05) is 18.6 Å². The number of fused-ring (bicyclic) bond motifs is 1. The van der Waals surface area contributed by atoms with E-state index in [0.717, 1.165) is 65.0 Å². The van der Waals surface area contributed by atoms with Crippen molar-refractivity contribution in [1.82, 2.24) is 0 Å². The molecule has 0 amide bonds. The molecule has 0 aliphatic carbocycles. The molecular weight excluding hydrogens is 576 g/mol. The Morgan fingerprint density at radius 2 is 1.43 bits per heavy atom. The van der Waals surface area contributed by atoms with Crippen LogP contribution in [0, 0.1) is 38.5 Å². The van der Waals surface area contributed by atoms with Crippen molar-refractivity contribution in [2.75, 3.05) is 13.2 Å². The van der Waals surface area contributed by atoms with Gasteiger partial charge in [0.1, 0.15) is 22.7 Å². The first kappa shape index (κ1) is 40.1. The van der Waals surface area contributed by atoms with Gasteiger partial charge in [-0.25, -0.2) is 0 Å². The molecule has 0 fully saturated rings. The topological polar surface area (TPSA) is 71.1 Å². The molecule has 3 atom stereocenters. The summed E-state index contributed by atoms with van der Waals surface area (Å²) in [6.07, 6.45) is 14.0. The minimum Gasteiger partial charge on any atom is -0.487 e. The van der Waals surface area contributed by atoms with Gasteiger partial charge < -0.3 is 18.9 Å². The molecular formula is C40H68O6. The summed E-state index contributed by atoms with van der Waals surface area (Å²) in [7, 11) is 0. The summed E-state index contributed by atoms with van der Waals surface area (Å²) >= 11 is 0. The molecule has 0 radical (unpaired) electrons. The van der Waals surface area contributed by atoms with E-state index in [1.807, 2.05) is 34.6 Å². The molecule has 46 heavy (non-hydrogen) atoms. The van der Waals surface area contributed by atoms with Gasteiger partial charge in [-0.2, -0.15) is 0 Å². The first-order chi connectivity index (χ1) is 21.6. The lowest BCUT2D eigenvalue weighted by Crippen LogP contribution is -2.37. The van der Waals surface area contributed by atoms with E-state index in [4.69, 9.17) is 18.9 Å². The molecule has 2 rings (SSSR count). The Hall–Kier alpha value is -2.08. The highest BCUT2D eigenvalue weighted by Crippen LogP contribution is 2.45. The Kier molecular flexibility index (Phi) is 16.6. The van der Waals surface area contributed by atoms with Crippen LogP contribution in [0.2, 0.25) is 0 Å². The van der Waals surface area contributed by atoms with E-state index in [2.05, 4.69) is 41.5 Å². The Labute approximate surface area is 282 Å². The number of carbonyl (C=O) groups is 2. The number of hydrogen-bond acceptors (Lipinski definition) is 6. The minimum atomic E-state index is -0.642. The number of ether oxygens (including phenoxy) is 4. The summed E-state index contributed by atoms with van der Waals surface area (Å²) in [4.78, 5) is 25.3. The summed E-state index contributed by atoms with van der Waals surface area (Å²) in [6, 6.07) is 0. The zero-order valence-corrected chi connectivity index (χ0v) is 31.5. The van der Waals surface area contributed by atoms with Crippen LogP contribution in [-0.2, 0) is 25.5 Å². The van der Waals surface area contributed by atoms with Crippen LogP contribution in [0.15, 0.2) is 0 Å². The van der Waals surface area contributed by atoms with Crippen LogP contribution in [0.1, 0.15) is 161 Å². The molecule has 0 saturated heterocycles. The van der Waals surface area contributed by atoms with Crippen molar-refractivity contribution < 1.29 is 28.5 Å². The van der Waals surface area contributed by atoms with E-state index in [9.17, 15) is 9.59 Å². The van der Waals surface area contributed by atoms with Crippen molar-refractivity contribution in [3.05, 3.63) is 22.3 Å². The Morgan fingerprint density at radius 3 is 2.04 bits per heavy atom. The summed E-state index contributed by atoms with van der Waals surface area (Å²) < 4.78 is 23.6. The van der Waals surface area contributed by atoms with Crippen molar-refractivity contribution in [2.45, 2.75) is 177 Å². The molecule has 0 spiro atoms. The Bertz CT molecular complexity index is 1110. The Morgan fingerprint density at radius 1 is 0.848 bits per heavy atom. The first-order valence-corrected chi connectivity index (χ1v) is 18.4. The molecule has 6 heteroatoms. The predicted molar refractivity (Wildman–Crippen MR) is 189 cm³/mol. The zero-order valence-electron chi connectivity index (χ0n) is 31.5. The van der Waals surface area contributed by atoms with E-state index < -0.39 is 17.5 Å². The van der Waals surface area contributed by atoms with Gasteiger partial charge in [-0.1, -0.05) is 72.6 Å². The first-order valence-electron chi connectivity index (χ1n) is 18.4. The fourth-order valence-electron chi connectivity index (χ4n) is 6.65. The van der Waals surface area contributed by atoms with E-state index in [1.165, 1.54) is 51.4 Å². The fourth-order valence-corrected chi connectivity index (χ4v) is 6.65. The summed E-state index contributed by atoms with van der Waals surface area (Å²) in [5.74, 6) is 3.14. The lowest BCUT2D eigenvalue weighted by Gasteiger charge is -2.38. The molecule has 1 aromatic rings. The number of benzene rings is 1. The van der Waals surface area contributed by atoms with Gasteiger partial charge in [-0.3, -0.25) is 9.59 Å². The second-order valence-electron chi connectivity index (χ2n) is 15.6. The third-order valence-electron chi connectivity index (χ3n) is 10.0. The van der Waals surface area contributed by atoms with Gasteiger partial charge in [-0.05, 0) is 109 Å². The molecule has 0 bridgehead atoms. The highest BCUT2D eigenvalue weighted by atomic mass is 16.6. The SMILES string of the molecule is CCOCCC(C)(C)OC(=O)CCC(=O)Oc1c(C)c(C)c2c(c1C)CC[C@@](C)(CCC[C@H](C)CCC[C@H](C)CCCC(C)C)O2. The molecule has 1 aliphatic rings. The maximum absolute atomic E-state index is 12.8. The number of carbonyl (C=O) groups excluding carboxylic acids is 2. The summed E-state index contributed by atoms with van der Waals surface area (Å²) in [5.41, 5.74) is 3.21. The quantitative estimate of drug-likeness (QED) is 0.0753. The predicted octanol–water partition coefficient (Wildman–Crippen LogP) is 10.6. The van der Waals surface area contributed by atoms with Crippen molar-refractivity contribution in [3.8, 4) is 11.5 Å². The van der Waals surface area contributed by atoms with Gasteiger partial charge in [0.2, 0.25) is 0 Å². The van der Waals surface area contributed by atoms with Gasteiger partial charge in [-0.15, -0.1) is 0 Å². The maximum atomic E-state index is 12.8. The van der Waals surface area contributed by atoms with Crippen LogP contribution in [0.5, 0.6) is 11.5 Å². The van der Waals surface area contributed by atoms with E-state index in [1.54, 1.807) is 0 Å². The van der Waals surface area contributed by atoms with Crippen LogP contribution in [-0.4, -0.2) is 36.4 Å². The standard InChI is InChI=1S/C40H68O6/c1-12-43-27-26-39(9,10)45-36(42)22-21-35(41)44-37-31(6)32(7)38-34(33(37)8)23-25-40(11,46-38)24-15-20-30(5)19-14-18-29(4)17-13-16-28(2)3/h28-30H,12-27H2,1-11H3/t29-,30-,40-/m1/s1. The average molecular weight is 645 g/mol. The van der Waals surface area contributed by atoms with Crippen molar-refractivity contribution in [1.29, 1.82) is 0 Å². The molecule has 1 aromatic carbocycles. The fraction of sp³-hybridized carbons (Fsp3) is 0.800. The second-order valence-corrected chi connectivity index (χ2v) is 15.6. The minimum absolute atomic E-state index is 0.0173. The largest absolute Gasteiger partial charge is 0.487 e. The van der Waals surface area contributed by atoms with Crippen LogP contribution >= 0.6 is 0 Å². The zero-order chi connectivity index (χ0) is 34.5. The Balaban J connectivity index is 1.87. The third-order valence-corrected chi connectivity index (χ3v) is 10.0. The lowest BCUT2D eigenvalue weighted by molar-refractivity contribution is -0.159. The van der Waals surface area contributed by atoms with Crippen LogP contribution in [0.4, 0.5) is 0 Å². The number of hydrogen-bond donors (Lipinski definition) is 0. The molecule has 1 heterocycles. The molecule has 1 aliphatic heterocycles. The van der Waals surface area contributed by atoms with Crippen molar-refractivity contribution >= 4 is 11.9 Å². The molecule has 0 N–H and O–H groups in total. The molecule has 264 valence electrons. The summed E-state index contributed by atoms with van der Waals surface area (Å²) in [6.45, 7) is 24.6. The maximum Gasteiger partial charge on any atom is 0.311 e. The average Bonchev–Trinajstić information content (AvgIpc) is 2.96. The monoisotopic (exact) mass is 645 g/mol.